The van der Waals surface area contributed by atoms with Gasteiger partial charge in [0.05, 0.1) is 31.5 Å². The van der Waals surface area contributed by atoms with Gasteiger partial charge in [0.2, 0.25) is 0 Å². The Labute approximate surface area is 117 Å². The number of rotatable bonds is 5. The van der Waals surface area contributed by atoms with Crippen LogP contribution in [0.25, 0.3) is 0 Å². The summed E-state index contributed by atoms with van der Waals surface area (Å²) in [6, 6.07) is 5.96. The van der Waals surface area contributed by atoms with Crippen LogP contribution in [0.1, 0.15) is 23.5 Å². The van der Waals surface area contributed by atoms with Crippen LogP contribution >= 0.6 is 11.3 Å². The second kappa shape index (κ2) is 5.93. The van der Waals surface area contributed by atoms with Gasteiger partial charge in [-0.1, -0.05) is 0 Å². The monoisotopic (exact) mass is 278 g/mol. The normalized spacial score (nSPS) is 12.0. The fourth-order valence-corrected chi connectivity index (χ4v) is 2.74. The predicted molar refractivity (Wildman–Crippen MR) is 78.4 cm³/mol. The zero-order valence-electron chi connectivity index (χ0n) is 11.6. The molecule has 0 bridgehead atoms. The first kappa shape index (κ1) is 13.7. The van der Waals surface area contributed by atoms with Crippen LogP contribution in [0, 0.1) is 6.92 Å². The van der Waals surface area contributed by atoms with E-state index in [0.29, 0.717) is 0 Å². The largest absolute Gasteiger partial charge is 0.497 e. The molecule has 0 aliphatic heterocycles. The molecule has 2 rings (SSSR count). The van der Waals surface area contributed by atoms with Gasteiger partial charge in [0, 0.05) is 28.8 Å². The molecule has 0 amide bonds. The van der Waals surface area contributed by atoms with Crippen LogP contribution in [0.4, 0.5) is 5.69 Å². The fraction of sp³-hybridized carbons (Fsp3) is 0.357. The van der Waals surface area contributed by atoms with Crippen molar-refractivity contribution in [2.45, 2.75) is 19.9 Å². The molecule has 0 saturated heterocycles. The van der Waals surface area contributed by atoms with Crippen molar-refractivity contribution in [3.63, 3.8) is 0 Å². The second-order valence-electron chi connectivity index (χ2n) is 4.27. The van der Waals surface area contributed by atoms with Crippen LogP contribution in [0.15, 0.2) is 23.7 Å². The summed E-state index contributed by atoms with van der Waals surface area (Å²) in [5.41, 5.74) is 3.91. The van der Waals surface area contributed by atoms with Gasteiger partial charge in [-0.2, -0.15) is 0 Å². The molecule has 0 aliphatic rings. The number of nitrogens with one attached hydrogen (secondary N) is 1. The lowest BCUT2D eigenvalue weighted by atomic mass is 10.2. The molecule has 0 aliphatic carbocycles. The average molecular weight is 278 g/mol. The van der Waals surface area contributed by atoms with Crippen molar-refractivity contribution in [2.75, 3.05) is 19.5 Å². The Hall–Kier alpha value is -1.75. The molecule has 19 heavy (non-hydrogen) atoms. The van der Waals surface area contributed by atoms with E-state index in [0.717, 1.165) is 22.9 Å². The van der Waals surface area contributed by atoms with Crippen LogP contribution in [0.5, 0.6) is 11.5 Å². The molecule has 0 saturated carbocycles. The minimum absolute atomic E-state index is 0.198. The maximum atomic E-state index is 5.26. The first-order chi connectivity index (χ1) is 9.13. The highest BCUT2D eigenvalue weighted by atomic mass is 32.1. The van der Waals surface area contributed by atoms with E-state index in [1.54, 1.807) is 25.6 Å². The van der Waals surface area contributed by atoms with E-state index in [2.05, 4.69) is 17.2 Å². The first-order valence-corrected chi connectivity index (χ1v) is 6.91. The number of anilines is 1. The molecule has 4 nitrogen and oxygen atoms in total. The second-order valence-corrected chi connectivity index (χ2v) is 5.16. The maximum absolute atomic E-state index is 5.26. The summed E-state index contributed by atoms with van der Waals surface area (Å²) < 4.78 is 10.5. The van der Waals surface area contributed by atoms with Gasteiger partial charge in [-0.05, 0) is 13.8 Å². The molecule has 1 aromatic carbocycles. The third-order valence-electron chi connectivity index (χ3n) is 2.91. The van der Waals surface area contributed by atoms with Crippen molar-refractivity contribution >= 4 is 17.0 Å². The predicted octanol–water partition coefficient (Wildman–Crippen LogP) is 3.64. The Morgan fingerprint density at radius 1 is 1.16 bits per heavy atom. The molecule has 1 heterocycles. The Morgan fingerprint density at radius 2 is 1.79 bits per heavy atom. The molecule has 102 valence electrons. The number of hydrogen-bond donors (Lipinski definition) is 1. The van der Waals surface area contributed by atoms with E-state index in [9.17, 15) is 0 Å². The van der Waals surface area contributed by atoms with Gasteiger partial charge < -0.3 is 14.8 Å². The third-order valence-corrected chi connectivity index (χ3v) is 4.02. The summed E-state index contributed by atoms with van der Waals surface area (Å²) >= 11 is 1.66. The number of hydrogen-bond acceptors (Lipinski definition) is 5. The maximum Gasteiger partial charge on any atom is 0.124 e. The highest BCUT2D eigenvalue weighted by Gasteiger charge is 2.12. The fourth-order valence-electron chi connectivity index (χ4n) is 1.93. The Morgan fingerprint density at radius 3 is 2.26 bits per heavy atom. The van der Waals surface area contributed by atoms with Crippen molar-refractivity contribution in [3.8, 4) is 11.5 Å². The van der Waals surface area contributed by atoms with Crippen LogP contribution < -0.4 is 14.8 Å². The molecule has 5 heteroatoms. The van der Waals surface area contributed by atoms with Crippen molar-refractivity contribution in [1.29, 1.82) is 0 Å². The summed E-state index contributed by atoms with van der Waals surface area (Å²) in [6.07, 6.45) is 0. The van der Waals surface area contributed by atoms with Crippen molar-refractivity contribution < 1.29 is 9.47 Å². The van der Waals surface area contributed by atoms with Gasteiger partial charge in [-0.25, -0.2) is 4.98 Å². The summed E-state index contributed by atoms with van der Waals surface area (Å²) in [7, 11) is 3.30. The van der Waals surface area contributed by atoms with E-state index >= 15 is 0 Å². The van der Waals surface area contributed by atoms with E-state index in [1.807, 2.05) is 30.6 Å². The van der Waals surface area contributed by atoms with Crippen LogP contribution in [-0.2, 0) is 0 Å². The summed E-state index contributed by atoms with van der Waals surface area (Å²) in [5, 5.41) is 3.44. The van der Waals surface area contributed by atoms with Crippen molar-refractivity contribution in [1.82, 2.24) is 4.98 Å². The lowest BCUT2D eigenvalue weighted by molar-refractivity contribution is 0.394. The van der Waals surface area contributed by atoms with Crippen LogP contribution in [0.3, 0.4) is 0 Å². The van der Waals surface area contributed by atoms with Crippen molar-refractivity contribution in [3.05, 3.63) is 34.3 Å². The SMILES string of the molecule is COc1cc(NC(C)c2scnc2C)cc(OC)c1. The molecular formula is C14H18N2O2S. The molecule has 0 radical (unpaired) electrons. The molecule has 0 spiro atoms. The van der Waals surface area contributed by atoms with Crippen LogP contribution in [0.2, 0.25) is 0 Å². The van der Waals surface area contributed by atoms with E-state index in [1.165, 1.54) is 4.88 Å². The minimum atomic E-state index is 0.198. The number of methoxy groups -OCH3 is 2. The van der Waals surface area contributed by atoms with Gasteiger partial charge in [0.15, 0.2) is 0 Å². The highest BCUT2D eigenvalue weighted by Crippen LogP contribution is 2.30. The summed E-state index contributed by atoms with van der Waals surface area (Å²) in [5.74, 6) is 1.55. The molecule has 1 atom stereocenters. The number of nitrogens with zero attached hydrogens (tertiary/aromatic N) is 1. The number of benzene rings is 1. The van der Waals surface area contributed by atoms with Crippen molar-refractivity contribution in [2.24, 2.45) is 0 Å². The third kappa shape index (κ3) is 3.17. The van der Waals surface area contributed by atoms with E-state index < -0.39 is 0 Å². The van der Waals surface area contributed by atoms with Gasteiger partial charge in [-0.3, -0.25) is 0 Å². The smallest absolute Gasteiger partial charge is 0.124 e. The standard InChI is InChI=1S/C14H18N2O2S/c1-9-14(19-8-15-9)10(2)16-11-5-12(17-3)7-13(6-11)18-4/h5-8,10,16H,1-4H3. The molecule has 2 aromatic rings. The molecule has 0 fully saturated rings. The zero-order valence-corrected chi connectivity index (χ0v) is 12.4. The lowest BCUT2D eigenvalue weighted by Crippen LogP contribution is -2.06. The first-order valence-electron chi connectivity index (χ1n) is 6.03. The van der Waals surface area contributed by atoms with Gasteiger partial charge in [0.1, 0.15) is 11.5 Å². The van der Waals surface area contributed by atoms with Gasteiger partial charge in [-0.15, -0.1) is 11.3 Å². The summed E-state index contributed by atoms with van der Waals surface area (Å²) in [4.78, 5) is 5.51. The molecule has 1 aromatic heterocycles. The molecular weight excluding hydrogens is 260 g/mol. The van der Waals surface area contributed by atoms with Gasteiger partial charge in [0.25, 0.3) is 0 Å². The van der Waals surface area contributed by atoms with Gasteiger partial charge >= 0.3 is 0 Å². The lowest BCUT2D eigenvalue weighted by Gasteiger charge is -2.16. The summed E-state index contributed by atoms with van der Waals surface area (Å²) in [6.45, 7) is 4.14. The Kier molecular flexibility index (Phi) is 4.27. The number of thiazole rings is 1. The zero-order chi connectivity index (χ0) is 13.8. The molecule has 1 N–H and O–H groups in total. The molecule has 1 unspecified atom stereocenters. The highest BCUT2D eigenvalue weighted by molar-refractivity contribution is 7.09. The quantitative estimate of drug-likeness (QED) is 0.906. The minimum Gasteiger partial charge on any atom is -0.497 e. The number of ether oxygens (including phenoxy) is 2. The average Bonchev–Trinajstić information content (AvgIpc) is 2.84. The van der Waals surface area contributed by atoms with E-state index in [4.69, 9.17) is 9.47 Å². The topological polar surface area (TPSA) is 43.4 Å². The number of aryl methyl sites for hydroxylation is 1. The van der Waals surface area contributed by atoms with Crippen LogP contribution in [-0.4, -0.2) is 19.2 Å². The van der Waals surface area contributed by atoms with E-state index in [-0.39, 0.29) is 6.04 Å². The Balaban J connectivity index is 2.21. The number of aromatic nitrogens is 1. The Bertz CT molecular complexity index is 532.